The summed E-state index contributed by atoms with van der Waals surface area (Å²) in [6.45, 7) is 12.9. The number of hydrogen-bond donors (Lipinski definition) is 0. The SMILES string of the molecule is CCCCCCCCCCCCCCCC(=O)OC(O[SiH](C)C)c1ccc(C(C)(C)C)c(OC)c1. The maximum atomic E-state index is 12.6. The van der Waals surface area contributed by atoms with Crippen LogP contribution in [0.3, 0.4) is 0 Å². The van der Waals surface area contributed by atoms with Gasteiger partial charge in [0.25, 0.3) is 0 Å². The fraction of sp³-hybridized carbons (Fsp3) is 0.767. The predicted octanol–water partition coefficient (Wildman–Crippen LogP) is 9.02. The van der Waals surface area contributed by atoms with Crippen molar-refractivity contribution in [3.05, 3.63) is 29.3 Å². The van der Waals surface area contributed by atoms with Crippen molar-refractivity contribution in [1.29, 1.82) is 0 Å². The van der Waals surface area contributed by atoms with E-state index in [1.807, 2.05) is 12.1 Å². The van der Waals surface area contributed by atoms with Crippen molar-refractivity contribution in [3.63, 3.8) is 0 Å². The first-order chi connectivity index (χ1) is 16.7. The Morgan fingerprint density at radius 1 is 0.857 bits per heavy atom. The standard InChI is InChI=1S/C30H54O4Si/c1-8-9-10-11-12-13-14-15-16-17-18-19-20-21-28(31)33-29(34-35(6)7)25-22-23-26(30(2,3)4)27(24-25)32-5/h22-24,29,35H,8-21H2,1-7H3. The maximum Gasteiger partial charge on any atom is 0.308 e. The first-order valence-corrected chi connectivity index (χ1v) is 17.0. The summed E-state index contributed by atoms with van der Waals surface area (Å²) in [6, 6.07) is 6.02. The third-order valence-corrected chi connectivity index (χ3v) is 7.22. The van der Waals surface area contributed by atoms with E-state index in [4.69, 9.17) is 13.9 Å². The minimum absolute atomic E-state index is 0.0298. The normalized spacial score (nSPS) is 12.7. The molecule has 0 N–H and O–H groups in total. The maximum absolute atomic E-state index is 12.6. The van der Waals surface area contributed by atoms with E-state index >= 15 is 0 Å². The molecule has 35 heavy (non-hydrogen) atoms. The molecule has 4 nitrogen and oxygen atoms in total. The molecule has 202 valence electrons. The van der Waals surface area contributed by atoms with Gasteiger partial charge in [0.05, 0.1) is 7.11 Å². The monoisotopic (exact) mass is 506 g/mol. The van der Waals surface area contributed by atoms with E-state index in [2.05, 4.69) is 46.9 Å². The summed E-state index contributed by atoms with van der Waals surface area (Å²) in [7, 11) is 0.274. The molecule has 0 aromatic heterocycles. The Kier molecular flexibility index (Phi) is 16.3. The highest BCUT2D eigenvalue weighted by Gasteiger charge is 2.24. The lowest BCUT2D eigenvalue weighted by Crippen LogP contribution is -2.20. The van der Waals surface area contributed by atoms with E-state index in [1.54, 1.807) is 7.11 Å². The Morgan fingerprint density at radius 3 is 1.83 bits per heavy atom. The van der Waals surface area contributed by atoms with Gasteiger partial charge in [-0.05, 0) is 36.6 Å². The summed E-state index contributed by atoms with van der Waals surface area (Å²) in [6.07, 6.45) is 16.6. The topological polar surface area (TPSA) is 44.8 Å². The van der Waals surface area contributed by atoms with Crippen LogP contribution in [0, 0.1) is 0 Å². The fourth-order valence-corrected chi connectivity index (χ4v) is 5.07. The molecule has 0 aliphatic carbocycles. The van der Waals surface area contributed by atoms with Gasteiger partial charge in [0.15, 0.2) is 9.04 Å². The summed E-state index contributed by atoms with van der Waals surface area (Å²) < 4.78 is 17.5. The van der Waals surface area contributed by atoms with Gasteiger partial charge in [-0.15, -0.1) is 0 Å². The Bertz CT molecular complexity index is 696. The molecule has 0 heterocycles. The Hall–Kier alpha value is -1.33. The minimum atomic E-state index is -1.41. The van der Waals surface area contributed by atoms with Crippen LogP contribution in [0.2, 0.25) is 13.1 Å². The smallest absolute Gasteiger partial charge is 0.308 e. The van der Waals surface area contributed by atoms with Crippen molar-refractivity contribution in [3.8, 4) is 5.75 Å². The largest absolute Gasteiger partial charge is 0.496 e. The van der Waals surface area contributed by atoms with Gasteiger partial charge in [-0.1, -0.05) is 117 Å². The van der Waals surface area contributed by atoms with Crippen LogP contribution in [-0.4, -0.2) is 22.1 Å². The molecule has 0 saturated heterocycles. The summed E-state index contributed by atoms with van der Waals surface area (Å²) in [5.41, 5.74) is 1.94. The van der Waals surface area contributed by atoms with E-state index in [1.165, 1.54) is 70.6 Å². The lowest BCUT2D eigenvalue weighted by atomic mass is 9.86. The molecule has 1 unspecified atom stereocenters. The number of carbonyl (C=O) groups is 1. The van der Waals surface area contributed by atoms with Gasteiger partial charge in [0.1, 0.15) is 5.75 Å². The molecule has 1 atom stereocenters. The number of ether oxygens (including phenoxy) is 2. The van der Waals surface area contributed by atoms with Crippen molar-refractivity contribution in [2.75, 3.05) is 7.11 Å². The van der Waals surface area contributed by atoms with E-state index < -0.39 is 15.3 Å². The van der Waals surface area contributed by atoms with Crippen LogP contribution >= 0.6 is 0 Å². The van der Waals surface area contributed by atoms with Crippen LogP contribution in [0.1, 0.15) is 135 Å². The van der Waals surface area contributed by atoms with Gasteiger partial charge >= 0.3 is 5.97 Å². The van der Waals surface area contributed by atoms with E-state index in [-0.39, 0.29) is 11.4 Å². The summed E-state index contributed by atoms with van der Waals surface area (Å²) in [5.74, 6) is 0.633. The molecule has 0 fully saturated rings. The van der Waals surface area contributed by atoms with E-state index in [0.717, 1.165) is 29.7 Å². The van der Waals surface area contributed by atoms with Gasteiger partial charge in [-0.3, -0.25) is 4.79 Å². The second-order valence-electron chi connectivity index (χ2n) is 11.2. The molecule has 0 radical (unpaired) electrons. The van der Waals surface area contributed by atoms with Gasteiger partial charge in [-0.25, -0.2) is 0 Å². The quantitative estimate of drug-likeness (QED) is 0.0812. The van der Waals surface area contributed by atoms with Crippen LogP contribution in [0.5, 0.6) is 5.75 Å². The zero-order valence-electron chi connectivity index (χ0n) is 23.9. The molecule has 0 amide bonds. The van der Waals surface area contributed by atoms with Crippen LogP contribution in [0.4, 0.5) is 0 Å². The number of carbonyl (C=O) groups excluding carboxylic acids is 1. The molecular weight excluding hydrogens is 452 g/mol. The summed E-state index contributed by atoms with van der Waals surface area (Å²) in [4.78, 5) is 12.6. The second kappa shape index (κ2) is 18.0. The van der Waals surface area contributed by atoms with Crippen molar-refractivity contribution in [2.45, 2.75) is 142 Å². The molecule has 5 heteroatoms. The Labute approximate surface area is 218 Å². The number of unbranched alkanes of at least 4 members (excludes halogenated alkanes) is 12. The Morgan fingerprint density at radius 2 is 1.37 bits per heavy atom. The Balaban J connectivity index is 2.36. The molecule has 0 spiro atoms. The number of hydrogen-bond acceptors (Lipinski definition) is 4. The number of methoxy groups -OCH3 is 1. The molecule has 1 rings (SSSR count). The van der Waals surface area contributed by atoms with Crippen LogP contribution in [0.25, 0.3) is 0 Å². The average Bonchev–Trinajstić information content (AvgIpc) is 2.80. The molecule has 1 aromatic rings. The van der Waals surface area contributed by atoms with E-state index in [0.29, 0.717) is 6.42 Å². The zero-order chi connectivity index (χ0) is 26.1. The average molecular weight is 507 g/mol. The fourth-order valence-electron chi connectivity index (χ4n) is 4.36. The highest BCUT2D eigenvalue weighted by molar-refractivity contribution is 6.48. The zero-order valence-corrected chi connectivity index (χ0v) is 25.1. The highest BCUT2D eigenvalue weighted by Crippen LogP contribution is 2.34. The van der Waals surface area contributed by atoms with Crippen LogP contribution in [0.15, 0.2) is 18.2 Å². The summed E-state index contributed by atoms with van der Waals surface area (Å²) in [5, 5.41) is 0. The molecule has 0 aliphatic heterocycles. The second-order valence-corrected chi connectivity index (χ2v) is 13.6. The van der Waals surface area contributed by atoms with Crippen molar-refractivity contribution >= 4 is 15.0 Å². The van der Waals surface area contributed by atoms with Crippen molar-refractivity contribution in [2.24, 2.45) is 0 Å². The number of rotatable bonds is 19. The van der Waals surface area contributed by atoms with Crippen molar-refractivity contribution in [1.82, 2.24) is 0 Å². The molecule has 0 bridgehead atoms. The molecule has 1 aromatic carbocycles. The minimum Gasteiger partial charge on any atom is -0.496 e. The van der Waals surface area contributed by atoms with Gasteiger partial charge in [0, 0.05) is 12.0 Å². The van der Waals surface area contributed by atoms with Crippen LogP contribution in [-0.2, 0) is 19.4 Å². The third-order valence-electron chi connectivity index (χ3n) is 6.42. The first-order valence-electron chi connectivity index (χ1n) is 14.2. The number of benzene rings is 1. The third kappa shape index (κ3) is 14.1. The number of esters is 1. The van der Waals surface area contributed by atoms with Gasteiger partial charge < -0.3 is 13.9 Å². The molecule has 0 saturated carbocycles. The molecule has 0 aliphatic rings. The van der Waals surface area contributed by atoms with Gasteiger partial charge in [-0.2, -0.15) is 0 Å². The lowest BCUT2D eigenvalue weighted by molar-refractivity contribution is -0.165. The van der Waals surface area contributed by atoms with Gasteiger partial charge in [0.2, 0.25) is 6.29 Å². The predicted molar refractivity (Wildman–Crippen MR) is 151 cm³/mol. The lowest BCUT2D eigenvalue weighted by Gasteiger charge is -2.25. The highest BCUT2D eigenvalue weighted by atomic mass is 28.3. The van der Waals surface area contributed by atoms with Crippen LogP contribution < -0.4 is 4.74 Å². The van der Waals surface area contributed by atoms with E-state index in [9.17, 15) is 4.79 Å². The first kappa shape index (κ1) is 31.7. The molecular formula is C30H54O4Si. The van der Waals surface area contributed by atoms with Crippen molar-refractivity contribution < 1.29 is 18.7 Å². The summed E-state index contributed by atoms with van der Waals surface area (Å²) >= 11 is 0.